The van der Waals surface area contributed by atoms with E-state index in [1.54, 1.807) is 17.9 Å². The molecule has 15 heteroatoms. The summed E-state index contributed by atoms with van der Waals surface area (Å²) in [5.74, 6) is -0.411. The topological polar surface area (TPSA) is 79.4 Å². The number of alkyl halides is 6. The molecule has 0 spiro atoms. The predicted octanol–water partition coefficient (Wildman–Crippen LogP) is 6.06. The summed E-state index contributed by atoms with van der Waals surface area (Å²) in [4.78, 5) is 29.4. The minimum atomic E-state index is -4.98. The van der Waals surface area contributed by atoms with E-state index in [9.17, 15) is 40.3 Å². The number of carbonyl (C=O) groups is 2. The maximum absolute atomic E-state index is 13.9. The SMILES string of the molecule is CN(C)C(=O)O.Cc1cc(F)ccc1[C@H]1C[C@@H](N2CCNCC2)CCN1C(=O)N(C)Cc1cc(C(F)(F)F)cc(C(F)(F)F)c1. The molecule has 2 fully saturated rings. The Morgan fingerprint density at radius 3 is 1.98 bits per heavy atom. The number of rotatable bonds is 4. The van der Waals surface area contributed by atoms with Crippen molar-refractivity contribution in [1.82, 2.24) is 24.9 Å². The van der Waals surface area contributed by atoms with Gasteiger partial charge in [-0.25, -0.2) is 14.0 Å². The van der Waals surface area contributed by atoms with Crippen molar-refractivity contribution < 1.29 is 45.4 Å². The van der Waals surface area contributed by atoms with Crippen LogP contribution < -0.4 is 5.32 Å². The molecule has 0 bridgehead atoms. The van der Waals surface area contributed by atoms with Gasteiger partial charge in [-0.05, 0) is 66.8 Å². The molecule has 0 aromatic heterocycles. The number of urea groups is 1. The van der Waals surface area contributed by atoms with Gasteiger partial charge in [-0.15, -0.1) is 0 Å². The van der Waals surface area contributed by atoms with Crippen LogP contribution in [0.15, 0.2) is 36.4 Å². The summed E-state index contributed by atoms with van der Waals surface area (Å²) in [7, 11) is 4.30. The minimum Gasteiger partial charge on any atom is -0.465 e. The molecule has 250 valence electrons. The van der Waals surface area contributed by atoms with Gasteiger partial charge >= 0.3 is 24.5 Å². The summed E-state index contributed by atoms with van der Waals surface area (Å²) >= 11 is 0. The lowest BCUT2D eigenvalue weighted by molar-refractivity contribution is -0.143. The summed E-state index contributed by atoms with van der Waals surface area (Å²) in [6, 6.07) is 4.91. The first-order chi connectivity index (χ1) is 20.9. The van der Waals surface area contributed by atoms with E-state index in [4.69, 9.17) is 5.11 Å². The van der Waals surface area contributed by atoms with E-state index in [2.05, 4.69) is 10.2 Å². The first kappa shape index (κ1) is 35.9. The Morgan fingerprint density at radius 1 is 0.933 bits per heavy atom. The Balaban J connectivity index is 0.000000838. The summed E-state index contributed by atoms with van der Waals surface area (Å²) in [5.41, 5.74) is -1.71. The van der Waals surface area contributed by atoms with Crippen LogP contribution >= 0.6 is 0 Å². The van der Waals surface area contributed by atoms with Crippen molar-refractivity contribution in [2.75, 3.05) is 53.9 Å². The van der Waals surface area contributed by atoms with E-state index in [0.717, 1.165) is 41.5 Å². The number of halogens is 7. The van der Waals surface area contributed by atoms with E-state index in [0.29, 0.717) is 37.1 Å². The Bertz CT molecular complexity index is 1300. The first-order valence-electron chi connectivity index (χ1n) is 14.3. The third-order valence-electron chi connectivity index (χ3n) is 7.86. The number of aryl methyl sites for hydroxylation is 1. The van der Waals surface area contributed by atoms with Gasteiger partial charge in [0.05, 0.1) is 17.2 Å². The molecule has 2 aromatic rings. The lowest BCUT2D eigenvalue weighted by Gasteiger charge is -2.46. The van der Waals surface area contributed by atoms with E-state index in [1.165, 1.54) is 33.3 Å². The summed E-state index contributed by atoms with van der Waals surface area (Å²) in [6.07, 6.45) is -9.62. The van der Waals surface area contributed by atoms with Gasteiger partial charge < -0.3 is 25.1 Å². The molecule has 3 amide bonds. The highest BCUT2D eigenvalue weighted by Crippen LogP contribution is 2.38. The quantitative estimate of drug-likeness (QED) is 0.394. The van der Waals surface area contributed by atoms with Crippen LogP contribution in [0.4, 0.5) is 40.3 Å². The van der Waals surface area contributed by atoms with E-state index < -0.39 is 54.0 Å². The van der Waals surface area contributed by atoms with Gasteiger partial charge in [-0.2, -0.15) is 26.3 Å². The molecule has 8 nitrogen and oxygen atoms in total. The summed E-state index contributed by atoms with van der Waals surface area (Å²) in [5, 5.41) is 11.2. The Labute approximate surface area is 257 Å². The number of amides is 3. The van der Waals surface area contributed by atoms with Gasteiger partial charge in [0.25, 0.3) is 0 Å². The van der Waals surface area contributed by atoms with Gasteiger partial charge in [0, 0.05) is 66.5 Å². The fourth-order valence-corrected chi connectivity index (χ4v) is 5.53. The fraction of sp³-hybridized carbons (Fsp3) is 0.533. The van der Waals surface area contributed by atoms with Crippen molar-refractivity contribution in [3.05, 3.63) is 70.0 Å². The van der Waals surface area contributed by atoms with Crippen LogP contribution in [0.25, 0.3) is 0 Å². The summed E-state index contributed by atoms with van der Waals surface area (Å²) in [6.45, 7) is 5.04. The van der Waals surface area contributed by atoms with Crippen LogP contribution in [0.5, 0.6) is 0 Å². The maximum atomic E-state index is 13.9. The second kappa shape index (κ2) is 14.7. The molecule has 4 rings (SSSR count). The van der Waals surface area contributed by atoms with Crippen LogP contribution in [-0.2, 0) is 18.9 Å². The molecule has 0 aliphatic carbocycles. The van der Waals surface area contributed by atoms with Gasteiger partial charge in [-0.1, -0.05) is 6.07 Å². The molecule has 45 heavy (non-hydrogen) atoms. The van der Waals surface area contributed by atoms with E-state index in [1.807, 2.05) is 0 Å². The lowest BCUT2D eigenvalue weighted by Crippen LogP contribution is -2.54. The van der Waals surface area contributed by atoms with Crippen LogP contribution in [-0.4, -0.2) is 96.7 Å². The van der Waals surface area contributed by atoms with E-state index >= 15 is 0 Å². The number of carbonyl (C=O) groups excluding carboxylic acids is 1. The van der Waals surface area contributed by atoms with Crippen molar-refractivity contribution in [3.8, 4) is 0 Å². The monoisotopic (exact) mass is 649 g/mol. The normalized spacial score (nSPS) is 19.4. The standard InChI is InChI=1S/C27H31F7N4O.C3H7NO2/c1-17-11-21(28)3-4-23(17)24-15-22(37-9-6-35-7-10-37)5-8-38(24)25(39)36(2)16-18-12-19(26(29,30)31)14-20(13-18)27(32,33)34;1-4(2)3(5)6/h3-4,11-14,22,24,35H,5-10,15-16H2,1-2H3;1-2H3,(H,5,6)/t22-,24+;/m0./s1. The highest BCUT2D eigenvalue weighted by molar-refractivity contribution is 5.75. The Morgan fingerprint density at radius 2 is 1.49 bits per heavy atom. The number of hydrogen-bond donors (Lipinski definition) is 2. The molecular weight excluding hydrogens is 611 g/mol. The van der Waals surface area contributed by atoms with E-state index in [-0.39, 0.29) is 17.7 Å². The summed E-state index contributed by atoms with van der Waals surface area (Å²) < 4.78 is 93.8. The molecule has 2 saturated heterocycles. The first-order valence-corrected chi connectivity index (χ1v) is 14.3. The van der Waals surface area contributed by atoms with Crippen molar-refractivity contribution in [3.63, 3.8) is 0 Å². The molecule has 2 N–H and O–H groups in total. The number of carboxylic acid groups (broad SMARTS) is 1. The molecule has 2 heterocycles. The fourth-order valence-electron chi connectivity index (χ4n) is 5.53. The van der Waals surface area contributed by atoms with Gasteiger partial charge in [-0.3, -0.25) is 4.90 Å². The number of nitrogens with one attached hydrogen (secondary N) is 1. The van der Waals surface area contributed by atoms with Crippen molar-refractivity contribution in [2.45, 2.75) is 50.7 Å². The maximum Gasteiger partial charge on any atom is 0.416 e. The van der Waals surface area contributed by atoms with Gasteiger partial charge in [0.15, 0.2) is 0 Å². The number of benzene rings is 2. The zero-order valence-corrected chi connectivity index (χ0v) is 25.5. The number of piperidine rings is 1. The van der Waals surface area contributed by atoms with Crippen molar-refractivity contribution >= 4 is 12.1 Å². The molecule has 0 saturated carbocycles. The highest BCUT2D eigenvalue weighted by Gasteiger charge is 2.39. The second-order valence-corrected chi connectivity index (χ2v) is 11.4. The minimum absolute atomic E-state index is 0.0690. The number of nitrogens with zero attached hydrogens (tertiary/aromatic N) is 4. The highest BCUT2D eigenvalue weighted by atomic mass is 19.4. The molecule has 2 aliphatic rings. The number of likely N-dealkylation sites (tertiary alicyclic amines) is 1. The van der Waals surface area contributed by atoms with Gasteiger partial charge in [0.2, 0.25) is 0 Å². The second-order valence-electron chi connectivity index (χ2n) is 11.4. The molecule has 2 aliphatic heterocycles. The third kappa shape index (κ3) is 9.70. The zero-order chi connectivity index (χ0) is 33.7. The average Bonchev–Trinajstić information content (AvgIpc) is 2.96. The van der Waals surface area contributed by atoms with Crippen LogP contribution in [0.1, 0.15) is 46.7 Å². The third-order valence-corrected chi connectivity index (χ3v) is 7.86. The van der Waals surface area contributed by atoms with Crippen LogP contribution in [0.2, 0.25) is 0 Å². The largest absolute Gasteiger partial charge is 0.465 e. The molecule has 0 unspecified atom stereocenters. The van der Waals surface area contributed by atoms with Crippen molar-refractivity contribution in [2.24, 2.45) is 0 Å². The number of hydrogen-bond acceptors (Lipinski definition) is 4. The Kier molecular flexibility index (Phi) is 11.7. The van der Waals surface area contributed by atoms with Crippen molar-refractivity contribution in [1.29, 1.82) is 0 Å². The predicted molar refractivity (Wildman–Crippen MR) is 153 cm³/mol. The molecule has 2 aromatic carbocycles. The smallest absolute Gasteiger partial charge is 0.416 e. The Hall–Kier alpha value is -3.59. The number of piperazine rings is 1. The molecule has 0 radical (unpaired) electrons. The van der Waals surface area contributed by atoms with Crippen LogP contribution in [0, 0.1) is 12.7 Å². The lowest BCUT2D eigenvalue weighted by atomic mass is 9.88. The molecule has 2 atom stereocenters. The van der Waals surface area contributed by atoms with Gasteiger partial charge in [0.1, 0.15) is 5.82 Å². The van der Waals surface area contributed by atoms with Crippen LogP contribution in [0.3, 0.4) is 0 Å². The molecular formula is C30H38F7N5O3. The zero-order valence-electron chi connectivity index (χ0n) is 25.5. The average molecular weight is 650 g/mol.